The molecule has 5 nitrogen and oxygen atoms in total. The Balaban J connectivity index is 1.60. The smallest absolute Gasteiger partial charge is 0.267 e. The summed E-state index contributed by atoms with van der Waals surface area (Å²) in [4.78, 5) is 23.3. The molecule has 2 aromatic carbocycles. The molecule has 0 spiro atoms. The van der Waals surface area contributed by atoms with Crippen molar-refractivity contribution in [3.8, 4) is 11.4 Å². The lowest BCUT2D eigenvalue weighted by Gasteiger charge is -2.21. The molecule has 0 unspecified atom stereocenters. The Kier molecular flexibility index (Phi) is 6.04. The molecular formula is C25H25N3O2S2. The van der Waals surface area contributed by atoms with Crippen LogP contribution in [0, 0.1) is 0 Å². The van der Waals surface area contributed by atoms with E-state index in [1.807, 2.05) is 30.3 Å². The van der Waals surface area contributed by atoms with Gasteiger partial charge in [0, 0.05) is 29.8 Å². The van der Waals surface area contributed by atoms with Crippen molar-refractivity contribution in [1.29, 1.82) is 0 Å². The van der Waals surface area contributed by atoms with Crippen molar-refractivity contribution in [1.82, 2.24) is 14.5 Å². The van der Waals surface area contributed by atoms with E-state index in [4.69, 9.17) is 9.72 Å². The van der Waals surface area contributed by atoms with E-state index in [-0.39, 0.29) is 5.56 Å². The molecular weight excluding hydrogens is 438 g/mol. The second-order valence-electron chi connectivity index (χ2n) is 7.99. The fraction of sp³-hybridized carbons (Fsp3) is 0.280. The quantitative estimate of drug-likeness (QED) is 0.304. The number of thioether (sulfide) groups is 1. The number of hydrogen-bond donors (Lipinski definition) is 0. The average Bonchev–Trinajstić information content (AvgIpc) is 3.17. The highest BCUT2D eigenvalue weighted by Gasteiger charge is 2.24. The van der Waals surface area contributed by atoms with Crippen LogP contribution in [0.1, 0.15) is 16.0 Å². The molecule has 0 radical (unpaired) electrons. The second-order valence-corrected chi connectivity index (χ2v) is 10.1. The average molecular weight is 464 g/mol. The van der Waals surface area contributed by atoms with Crippen molar-refractivity contribution in [2.75, 3.05) is 26.5 Å². The Morgan fingerprint density at radius 3 is 2.81 bits per heavy atom. The Labute approximate surface area is 195 Å². The highest BCUT2D eigenvalue weighted by molar-refractivity contribution is 7.99. The van der Waals surface area contributed by atoms with Crippen LogP contribution >= 0.6 is 23.1 Å². The van der Waals surface area contributed by atoms with Crippen LogP contribution in [-0.4, -0.2) is 40.9 Å². The van der Waals surface area contributed by atoms with E-state index in [0.29, 0.717) is 0 Å². The van der Waals surface area contributed by atoms with Crippen LogP contribution in [0.25, 0.3) is 15.9 Å². The Morgan fingerprint density at radius 1 is 1.16 bits per heavy atom. The highest BCUT2D eigenvalue weighted by atomic mass is 32.2. The lowest BCUT2D eigenvalue weighted by molar-refractivity contribution is 0.318. The summed E-state index contributed by atoms with van der Waals surface area (Å²) >= 11 is 3.30. The first-order chi connectivity index (χ1) is 15.6. The minimum absolute atomic E-state index is 0.0208. The first kappa shape index (κ1) is 21.2. The number of aromatic nitrogens is 2. The van der Waals surface area contributed by atoms with Gasteiger partial charge >= 0.3 is 0 Å². The Bertz CT molecular complexity index is 1310. The van der Waals surface area contributed by atoms with Gasteiger partial charge in [-0.2, -0.15) is 0 Å². The summed E-state index contributed by atoms with van der Waals surface area (Å²) in [6.07, 6.45) is 1.81. The van der Waals surface area contributed by atoms with Gasteiger partial charge in [-0.1, -0.05) is 48.2 Å². The predicted octanol–water partition coefficient (Wildman–Crippen LogP) is 4.78. The fourth-order valence-corrected chi connectivity index (χ4v) is 6.47. The molecule has 4 aromatic rings. The Hall–Kier alpha value is -2.61. The molecule has 0 amide bonds. The number of rotatable bonds is 6. The first-order valence-corrected chi connectivity index (χ1v) is 12.5. The maximum Gasteiger partial charge on any atom is 0.267 e. The topological polar surface area (TPSA) is 47.4 Å². The van der Waals surface area contributed by atoms with E-state index in [0.717, 1.165) is 58.5 Å². The summed E-state index contributed by atoms with van der Waals surface area (Å²) < 4.78 is 7.19. The number of benzene rings is 2. The van der Waals surface area contributed by atoms with Crippen molar-refractivity contribution in [3.63, 3.8) is 0 Å². The zero-order valence-electron chi connectivity index (χ0n) is 18.2. The monoisotopic (exact) mass is 463 g/mol. The molecule has 0 aliphatic carbocycles. The second kappa shape index (κ2) is 9.10. The molecule has 1 aliphatic rings. The first-order valence-electron chi connectivity index (χ1n) is 10.7. The third kappa shape index (κ3) is 4.08. The van der Waals surface area contributed by atoms with E-state index in [1.54, 1.807) is 34.8 Å². The molecule has 3 heterocycles. The lowest BCUT2D eigenvalue weighted by Crippen LogP contribution is -2.27. The third-order valence-electron chi connectivity index (χ3n) is 5.81. The number of ether oxygens (including phenoxy) is 1. The summed E-state index contributed by atoms with van der Waals surface area (Å²) in [7, 11) is 3.77. The molecule has 0 saturated carbocycles. The van der Waals surface area contributed by atoms with Gasteiger partial charge in [0.1, 0.15) is 10.6 Å². The maximum atomic E-state index is 13.9. The molecule has 2 aromatic heterocycles. The van der Waals surface area contributed by atoms with E-state index in [2.05, 4.69) is 36.2 Å². The normalized spacial score (nSPS) is 13.9. The van der Waals surface area contributed by atoms with E-state index >= 15 is 0 Å². The van der Waals surface area contributed by atoms with Crippen LogP contribution in [0.4, 0.5) is 0 Å². The van der Waals surface area contributed by atoms with Gasteiger partial charge in [0.05, 0.1) is 18.2 Å². The van der Waals surface area contributed by atoms with Gasteiger partial charge in [-0.25, -0.2) is 4.98 Å². The summed E-state index contributed by atoms with van der Waals surface area (Å²) in [5, 5.41) is 1.52. The molecule has 32 heavy (non-hydrogen) atoms. The van der Waals surface area contributed by atoms with Crippen molar-refractivity contribution in [2.24, 2.45) is 0 Å². The van der Waals surface area contributed by atoms with Gasteiger partial charge in [0.2, 0.25) is 0 Å². The van der Waals surface area contributed by atoms with Crippen LogP contribution in [0.5, 0.6) is 5.75 Å². The number of hydrogen-bond acceptors (Lipinski definition) is 6. The minimum atomic E-state index is 0.0208. The number of likely N-dealkylation sites (N-methyl/N-ethyl adjacent to an activating group) is 1. The van der Waals surface area contributed by atoms with Gasteiger partial charge in [0.15, 0.2) is 5.16 Å². The summed E-state index contributed by atoms with van der Waals surface area (Å²) in [5.74, 6) is 1.57. The van der Waals surface area contributed by atoms with Gasteiger partial charge in [-0.05, 0) is 43.1 Å². The zero-order valence-corrected chi connectivity index (χ0v) is 19.8. The lowest BCUT2D eigenvalue weighted by atomic mass is 10.1. The van der Waals surface area contributed by atoms with Gasteiger partial charge in [-0.15, -0.1) is 11.3 Å². The molecule has 164 valence electrons. The van der Waals surface area contributed by atoms with Crippen molar-refractivity contribution in [3.05, 3.63) is 81.0 Å². The van der Waals surface area contributed by atoms with E-state index < -0.39 is 0 Å². The molecule has 0 bridgehead atoms. The predicted molar refractivity (Wildman–Crippen MR) is 133 cm³/mol. The molecule has 0 saturated heterocycles. The number of methoxy groups -OCH3 is 1. The molecule has 0 N–H and O–H groups in total. The molecule has 0 atom stereocenters. The van der Waals surface area contributed by atoms with Crippen LogP contribution in [-0.2, 0) is 19.4 Å². The number of fused-ring (bicyclic) bond motifs is 3. The number of aryl methyl sites for hydroxylation is 1. The van der Waals surface area contributed by atoms with Gasteiger partial charge < -0.3 is 9.64 Å². The molecule has 5 rings (SSSR count). The largest absolute Gasteiger partial charge is 0.497 e. The third-order valence-corrected chi connectivity index (χ3v) is 7.86. The summed E-state index contributed by atoms with van der Waals surface area (Å²) in [6.45, 7) is 1.84. The van der Waals surface area contributed by atoms with Gasteiger partial charge in [0.25, 0.3) is 5.56 Å². The number of thiophene rings is 1. The summed E-state index contributed by atoms with van der Waals surface area (Å²) in [5.41, 5.74) is 3.27. The van der Waals surface area contributed by atoms with Crippen LogP contribution in [0.3, 0.4) is 0 Å². The number of nitrogens with zero attached hydrogens (tertiary/aromatic N) is 3. The van der Waals surface area contributed by atoms with Crippen LogP contribution in [0.2, 0.25) is 0 Å². The molecule has 7 heteroatoms. The van der Waals surface area contributed by atoms with Crippen LogP contribution < -0.4 is 10.3 Å². The Morgan fingerprint density at radius 2 is 2.00 bits per heavy atom. The molecule has 0 fully saturated rings. The van der Waals surface area contributed by atoms with E-state index in [1.165, 1.54) is 16.0 Å². The molecule has 1 aliphatic heterocycles. The van der Waals surface area contributed by atoms with Gasteiger partial charge in [-0.3, -0.25) is 9.36 Å². The highest BCUT2D eigenvalue weighted by Crippen LogP contribution is 2.34. The fourth-order valence-electron chi connectivity index (χ4n) is 4.13. The van der Waals surface area contributed by atoms with Crippen LogP contribution in [0.15, 0.2) is 64.5 Å². The summed E-state index contributed by atoms with van der Waals surface area (Å²) in [6, 6.07) is 18.1. The maximum absolute atomic E-state index is 13.9. The van der Waals surface area contributed by atoms with E-state index in [9.17, 15) is 4.79 Å². The van der Waals surface area contributed by atoms with Crippen molar-refractivity contribution in [2.45, 2.75) is 24.5 Å². The van der Waals surface area contributed by atoms with Crippen molar-refractivity contribution < 1.29 is 4.74 Å². The standard InChI is InChI=1S/C25H25N3O2S2/c1-27-13-11-20-21(16-27)32-23-22(20)24(29)28(18-9-6-10-19(15-18)30-2)25(26-23)31-14-12-17-7-4-3-5-8-17/h3-10,15H,11-14,16H2,1-2H3. The zero-order chi connectivity index (χ0) is 22.1. The minimum Gasteiger partial charge on any atom is -0.497 e. The SMILES string of the molecule is COc1cccc(-n2c(SCCc3ccccc3)nc3sc4c(c3c2=O)CCN(C)C4)c1. The van der Waals surface area contributed by atoms with Crippen molar-refractivity contribution >= 4 is 33.3 Å².